The topological polar surface area (TPSA) is 84.6 Å². The molecule has 6 heteroatoms. The van der Waals surface area contributed by atoms with Crippen LogP contribution >= 0.6 is 0 Å². The van der Waals surface area contributed by atoms with Gasteiger partial charge in [-0.3, -0.25) is 9.59 Å². The summed E-state index contributed by atoms with van der Waals surface area (Å²) in [6, 6.07) is 2.51. The maximum Gasteiger partial charge on any atom is 0.254 e. The quantitative estimate of drug-likeness (QED) is 0.750. The number of nitrogens with zero attached hydrogens (tertiary/aromatic N) is 3. The molecule has 4 atom stereocenters. The third-order valence-electron chi connectivity index (χ3n) is 9.33. The zero-order valence-electron chi connectivity index (χ0n) is 18.7. The van der Waals surface area contributed by atoms with Gasteiger partial charge in [0.2, 0.25) is 5.91 Å². The Labute approximate surface area is 185 Å². The number of carbonyl (C=O) groups is 2. The second-order valence-electron chi connectivity index (χ2n) is 11.2. The molecule has 5 rings (SSSR count). The summed E-state index contributed by atoms with van der Waals surface area (Å²) < 4.78 is 0. The molecule has 0 radical (unpaired) electrons. The first kappa shape index (κ1) is 21.2. The van der Waals surface area contributed by atoms with E-state index in [0.29, 0.717) is 44.9 Å². The zero-order valence-corrected chi connectivity index (χ0v) is 18.7. The van der Waals surface area contributed by atoms with Gasteiger partial charge in [-0.25, -0.2) is 0 Å². The Balaban J connectivity index is 1.07. The average molecular weight is 428 g/mol. The molecule has 1 saturated heterocycles. The lowest BCUT2D eigenvalue weighted by molar-refractivity contribution is -0.148. The Morgan fingerprint density at radius 3 is 1.94 bits per heavy atom. The number of rotatable bonds is 3. The van der Waals surface area contributed by atoms with E-state index in [1.165, 1.54) is 32.1 Å². The number of hydrogen-bond acceptors (Lipinski definition) is 4. The van der Waals surface area contributed by atoms with Crippen LogP contribution in [-0.2, 0) is 9.59 Å². The van der Waals surface area contributed by atoms with E-state index in [9.17, 15) is 20.0 Å². The number of amides is 2. The van der Waals surface area contributed by atoms with Crippen molar-refractivity contribution in [2.75, 3.05) is 26.2 Å². The summed E-state index contributed by atoms with van der Waals surface area (Å²) >= 11 is 0. The molecule has 1 N–H and O–H groups in total. The minimum Gasteiger partial charge on any atom is -0.380 e. The van der Waals surface area contributed by atoms with Gasteiger partial charge in [-0.15, -0.1) is 0 Å². The highest BCUT2D eigenvalue weighted by Gasteiger charge is 2.50. The van der Waals surface area contributed by atoms with Crippen LogP contribution in [0.1, 0.15) is 70.6 Å². The molecular weight excluding hydrogens is 390 g/mol. The summed E-state index contributed by atoms with van der Waals surface area (Å²) in [5.41, 5.74) is -1.10. The van der Waals surface area contributed by atoms with Crippen LogP contribution in [0.4, 0.5) is 0 Å². The van der Waals surface area contributed by atoms with Gasteiger partial charge in [-0.1, -0.05) is 0 Å². The fourth-order valence-corrected chi connectivity index (χ4v) is 7.17. The SMILES string of the molecule is N#CC1CC2CCC(C3CCC(C(=O)N4CCN(C(=O)C5(O)CC5)CC4)CC3)CC2C1. The minimum absolute atomic E-state index is 0.141. The number of piperazine rings is 1. The summed E-state index contributed by atoms with van der Waals surface area (Å²) in [6.45, 7) is 2.31. The van der Waals surface area contributed by atoms with Crippen LogP contribution in [0, 0.1) is 46.8 Å². The van der Waals surface area contributed by atoms with Gasteiger partial charge in [0.15, 0.2) is 0 Å². The van der Waals surface area contributed by atoms with Crippen LogP contribution in [0.2, 0.25) is 0 Å². The molecule has 0 aromatic heterocycles. The van der Waals surface area contributed by atoms with Crippen molar-refractivity contribution >= 4 is 11.8 Å². The number of hydrogen-bond donors (Lipinski definition) is 1. The van der Waals surface area contributed by atoms with Gasteiger partial charge in [0.25, 0.3) is 5.91 Å². The molecule has 2 amide bonds. The van der Waals surface area contributed by atoms with Crippen molar-refractivity contribution in [3.8, 4) is 6.07 Å². The average Bonchev–Trinajstić information content (AvgIpc) is 3.43. The van der Waals surface area contributed by atoms with E-state index in [-0.39, 0.29) is 17.7 Å². The molecular formula is C25H37N3O3. The van der Waals surface area contributed by atoms with Crippen LogP contribution < -0.4 is 0 Å². The maximum atomic E-state index is 13.1. The molecule has 6 nitrogen and oxygen atoms in total. The van der Waals surface area contributed by atoms with Gasteiger partial charge in [0.1, 0.15) is 5.60 Å². The molecule has 5 fully saturated rings. The highest BCUT2D eigenvalue weighted by Crippen LogP contribution is 2.50. The van der Waals surface area contributed by atoms with Gasteiger partial charge >= 0.3 is 0 Å². The third kappa shape index (κ3) is 4.23. The van der Waals surface area contributed by atoms with E-state index >= 15 is 0 Å². The highest BCUT2D eigenvalue weighted by atomic mass is 16.3. The van der Waals surface area contributed by atoms with E-state index in [2.05, 4.69) is 6.07 Å². The fourth-order valence-electron chi connectivity index (χ4n) is 7.17. The second kappa shape index (κ2) is 8.39. The van der Waals surface area contributed by atoms with Crippen molar-refractivity contribution in [2.24, 2.45) is 35.5 Å². The normalized spacial score (nSPS) is 39.5. The van der Waals surface area contributed by atoms with Crippen molar-refractivity contribution < 1.29 is 14.7 Å². The standard InChI is InChI=1S/C25H37N3O3/c26-16-17-13-20-5-6-21(15-22(20)14-17)18-1-3-19(4-2-18)23(29)27-9-11-28(12-10-27)24(30)25(31)7-8-25/h17-22,31H,1-15H2. The summed E-state index contributed by atoms with van der Waals surface area (Å²) in [4.78, 5) is 29.1. The molecule has 4 aliphatic carbocycles. The lowest BCUT2D eigenvalue weighted by Crippen LogP contribution is -2.54. The zero-order chi connectivity index (χ0) is 21.6. The van der Waals surface area contributed by atoms with Crippen LogP contribution in [0.3, 0.4) is 0 Å². The summed E-state index contributed by atoms with van der Waals surface area (Å²) in [5.74, 6) is 3.73. The molecule has 5 aliphatic rings. The molecule has 0 aromatic rings. The molecule has 1 aliphatic heterocycles. The molecule has 0 spiro atoms. The molecule has 170 valence electrons. The van der Waals surface area contributed by atoms with Crippen LogP contribution in [0.25, 0.3) is 0 Å². The Kier molecular flexibility index (Phi) is 5.75. The Morgan fingerprint density at radius 2 is 1.32 bits per heavy atom. The van der Waals surface area contributed by atoms with E-state index in [0.717, 1.165) is 49.4 Å². The highest BCUT2D eigenvalue weighted by molar-refractivity contribution is 5.88. The third-order valence-corrected chi connectivity index (χ3v) is 9.33. The largest absolute Gasteiger partial charge is 0.380 e. The first-order valence-electron chi connectivity index (χ1n) is 12.7. The van der Waals surface area contributed by atoms with Gasteiger partial charge in [-0.05, 0) is 94.3 Å². The fraction of sp³-hybridized carbons (Fsp3) is 0.880. The number of nitriles is 1. The molecule has 0 aromatic carbocycles. The molecule has 31 heavy (non-hydrogen) atoms. The molecule has 4 unspecified atom stereocenters. The summed E-state index contributed by atoms with van der Waals surface area (Å²) in [7, 11) is 0. The monoisotopic (exact) mass is 427 g/mol. The van der Waals surface area contributed by atoms with Gasteiger partial charge in [-0.2, -0.15) is 5.26 Å². The van der Waals surface area contributed by atoms with Crippen LogP contribution in [-0.4, -0.2) is 58.5 Å². The lowest BCUT2D eigenvalue weighted by Gasteiger charge is -2.41. The second-order valence-corrected chi connectivity index (χ2v) is 11.2. The van der Waals surface area contributed by atoms with Crippen LogP contribution in [0.15, 0.2) is 0 Å². The molecule has 0 bridgehead atoms. The molecule has 4 saturated carbocycles. The van der Waals surface area contributed by atoms with E-state index in [1.54, 1.807) is 4.90 Å². The Hall–Kier alpha value is -1.61. The smallest absolute Gasteiger partial charge is 0.254 e. The minimum atomic E-state index is -1.10. The van der Waals surface area contributed by atoms with Crippen molar-refractivity contribution in [1.82, 2.24) is 9.80 Å². The van der Waals surface area contributed by atoms with Crippen molar-refractivity contribution in [3.05, 3.63) is 0 Å². The van der Waals surface area contributed by atoms with E-state index in [1.807, 2.05) is 4.90 Å². The van der Waals surface area contributed by atoms with Gasteiger partial charge in [0, 0.05) is 38.0 Å². The number of aliphatic hydroxyl groups is 1. The predicted octanol–water partition coefficient (Wildman–Crippen LogP) is 2.95. The number of fused-ring (bicyclic) bond motifs is 1. The molecule has 1 heterocycles. The van der Waals surface area contributed by atoms with Gasteiger partial charge < -0.3 is 14.9 Å². The van der Waals surface area contributed by atoms with Crippen LogP contribution in [0.5, 0.6) is 0 Å². The Morgan fingerprint density at radius 1 is 0.774 bits per heavy atom. The van der Waals surface area contributed by atoms with Gasteiger partial charge in [0.05, 0.1) is 6.07 Å². The van der Waals surface area contributed by atoms with Crippen molar-refractivity contribution in [2.45, 2.75) is 76.2 Å². The predicted molar refractivity (Wildman–Crippen MR) is 115 cm³/mol. The Bertz CT molecular complexity index is 742. The first-order chi connectivity index (χ1) is 15.0. The number of carbonyl (C=O) groups excluding carboxylic acids is 2. The first-order valence-corrected chi connectivity index (χ1v) is 12.7. The maximum absolute atomic E-state index is 13.1. The van der Waals surface area contributed by atoms with Crippen molar-refractivity contribution in [1.29, 1.82) is 5.26 Å². The van der Waals surface area contributed by atoms with Crippen molar-refractivity contribution in [3.63, 3.8) is 0 Å². The van der Waals surface area contributed by atoms with E-state index in [4.69, 9.17) is 0 Å². The summed E-state index contributed by atoms with van der Waals surface area (Å²) in [6.07, 6.45) is 11.7. The van der Waals surface area contributed by atoms with E-state index < -0.39 is 5.60 Å². The summed E-state index contributed by atoms with van der Waals surface area (Å²) in [5, 5.41) is 19.3. The lowest BCUT2D eigenvalue weighted by atomic mass is 9.66.